The van der Waals surface area contributed by atoms with E-state index in [0.29, 0.717) is 21.8 Å². The second kappa shape index (κ2) is 8.53. The molecule has 0 spiro atoms. The summed E-state index contributed by atoms with van der Waals surface area (Å²) in [5, 5.41) is 14.7. The third-order valence-corrected chi connectivity index (χ3v) is 5.18. The van der Waals surface area contributed by atoms with Crippen molar-refractivity contribution >= 4 is 34.0 Å². The Bertz CT molecular complexity index is 1460. The first kappa shape index (κ1) is 21.1. The van der Waals surface area contributed by atoms with Crippen molar-refractivity contribution in [2.75, 3.05) is 12.3 Å². The third kappa shape index (κ3) is 3.57. The van der Waals surface area contributed by atoms with Gasteiger partial charge in [-0.2, -0.15) is 15.0 Å². The highest BCUT2D eigenvalue weighted by Crippen LogP contribution is 2.34. The van der Waals surface area contributed by atoms with E-state index in [9.17, 15) is 14.9 Å². The van der Waals surface area contributed by atoms with E-state index < -0.39 is 11.5 Å². The molecule has 7 nitrogen and oxygen atoms in total. The van der Waals surface area contributed by atoms with Crippen molar-refractivity contribution in [1.82, 2.24) is 9.78 Å². The highest BCUT2D eigenvalue weighted by atomic mass is 35.5. The number of aromatic nitrogens is 2. The molecular weight excluding hydrogens is 428 g/mol. The summed E-state index contributed by atoms with van der Waals surface area (Å²) in [5.41, 5.74) is 7.34. The van der Waals surface area contributed by atoms with Gasteiger partial charge in [0.25, 0.3) is 5.56 Å². The molecule has 0 aliphatic rings. The minimum atomic E-state index is -0.712. The van der Waals surface area contributed by atoms with E-state index in [1.807, 2.05) is 30.3 Å². The Balaban J connectivity index is 2.16. The number of esters is 1. The zero-order valence-electron chi connectivity index (χ0n) is 17.0. The fourth-order valence-electron chi connectivity index (χ4n) is 3.53. The topological polar surface area (TPSA) is 111 Å². The molecule has 32 heavy (non-hydrogen) atoms. The van der Waals surface area contributed by atoms with Crippen LogP contribution in [-0.4, -0.2) is 22.4 Å². The second-order valence-corrected chi connectivity index (χ2v) is 7.32. The van der Waals surface area contributed by atoms with Gasteiger partial charge >= 0.3 is 5.97 Å². The first-order chi connectivity index (χ1) is 15.5. The van der Waals surface area contributed by atoms with E-state index in [4.69, 9.17) is 22.1 Å². The molecule has 4 rings (SSSR count). The monoisotopic (exact) mass is 444 g/mol. The number of rotatable bonds is 4. The first-order valence-corrected chi connectivity index (χ1v) is 10.1. The fourth-order valence-corrected chi connectivity index (χ4v) is 3.71. The van der Waals surface area contributed by atoms with Crippen molar-refractivity contribution in [3.63, 3.8) is 0 Å². The summed E-state index contributed by atoms with van der Waals surface area (Å²) in [7, 11) is 0. The van der Waals surface area contributed by atoms with Gasteiger partial charge in [0.15, 0.2) is 5.69 Å². The number of nitrogens with zero attached hydrogens (tertiary/aromatic N) is 3. The van der Waals surface area contributed by atoms with Crippen LogP contribution in [0, 0.1) is 11.3 Å². The van der Waals surface area contributed by atoms with Crippen molar-refractivity contribution in [2.45, 2.75) is 6.92 Å². The molecule has 4 aromatic rings. The molecule has 1 aromatic heterocycles. The minimum Gasteiger partial charge on any atom is -0.461 e. The SMILES string of the molecule is CCOC(=O)c1nn(-c2cccc(Cl)c2)c(=O)c2c(N)c(C#N)c(-c3ccccc3)cc12. The molecule has 0 aliphatic heterocycles. The predicted molar refractivity (Wildman–Crippen MR) is 123 cm³/mol. The molecule has 0 atom stereocenters. The molecule has 158 valence electrons. The van der Waals surface area contributed by atoms with Crippen molar-refractivity contribution in [3.8, 4) is 22.9 Å². The largest absolute Gasteiger partial charge is 0.461 e. The van der Waals surface area contributed by atoms with Crippen molar-refractivity contribution in [1.29, 1.82) is 5.26 Å². The standard InChI is InChI=1S/C24H17ClN4O3/c1-2-32-24(31)22-18-12-17(14-7-4-3-5-8-14)19(13-26)21(27)20(18)23(30)29(28-22)16-10-6-9-15(25)11-16/h3-12H,2,27H2,1H3. The van der Waals surface area contributed by atoms with Gasteiger partial charge in [-0.15, -0.1) is 0 Å². The molecule has 0 amide bonds. The van der Waals surface area contributed by atoms with Gasteiger partial charge in [-0.05, 0) is 36.8 Å². The summed E-state index contributed by atoms with van der Waals surface area (Å²) < 4.78 is 6.23. The van der Waals surface area contributed by atoms with Crippen LogP contribution in [0.25, 0.3) is 27.6 Å². The Kier molecular flexibility index (Phi) is 5.63. The van der Waals surface area contributed by atoms with Crippen molar-refractivity contribution in [2.24, 2.45) is 0 Å². The van der Waals surface area contributed by atoms with Crippen LogP contribution in [0.4, 0.5) is 5.69 Å². The van der Waals surface area contributed by atoms with Crippen LogP contribution in [0.1, 0.15) is 23.0 Å². The maximum Gasteiger partial charge on any atom is 0.359 e. The molecule has 0 saturated carbocycles. The summed E-state index contributed by atoms with van der Waals surface area (Å²) in [6, 6.07) is 19.3. The Morgan fingerprint density at radius 1 is 1.19 bits per heavy atom. The molecule has 0 aliphatic carbocycles. The van der Waals surface area contributed by atoms with E-state index >= 15 is 0 Å². The molecule has 0 fully saturated rings. The summed E-state index contributed by atoms with van der Waals surface area (Å²) in [5.74, 6) is -0.712. The molecular formula is C24H17ClN4O3. The number of benzene rings is 3. The number of nitrogen functional groups attached to an aromatic ring is 1. The number of anilines is 1. The lowest BCUT2D eigenvalue weighted by molar-refractivity contribution is 0.0520. The second-order valence-electron chi connectivity index (χ2n) is 6.88. The highest BCUT2D eigenvalue weighted by Gasteiger charge is 2.24. The lowest BCUT2D eigenvalue weighted by atomic mass is 9.94. The number of nitrogens with two attached hydrogens (primary N) is 1. The molecule has 0 bridgehead atoms. The number of hydrogen-bond donors (Lipinski definition) is 1. The number of ether oxygens (including phenoxy) is 1. The number of carbonyl (C=O) groups excluding carboxylic acids is 1. The van der Waals surface area contributed by atoms with E-state index in [2.05, 4.69) is 11.2 Å². The van der Waals surface area contributed by atoms with Crippen molar-refractivity contribution in [3.05, 3.63) is 87.3 Å². The zero-order valence-corrected chi connectivity index (χ0v) is 17.8. The Morgan fingerprint density at radius 3 is 2.59 bits per heavy atom. The summed E-state index contributed by atoms with van der Waals surface area (Å²) in [6.07, 6.45) is 0. The van der Waals surface area contributed by atoms with Crippen molar-refractivity contribution < 1.29 is 9.53 Å². The van der Waals surface area contributed by atoms with Crippen LogP contribution in [0.3, 0.4) is 0 Å². The smallest absolute Gasteiger partial charge is 0.359 e. The summed E-state index contributed by atoms with van der Waals surface area (Å²) >= 11 is 6.08. The third-order valence-electron chi connectivity index (χ3n) is 4.95. The van der Waals surface area contributed by atoms with Gasteiger partial charge in [0.1, 0.15) is 6.07 Å². The van der Waals surface area contributed by atoms with Gasteiger partial charge in [0.05, 0.1) is 28.9 Å². The maximum atomic E-state index is 13.4. The van der Waals surface area contributed by atoms with Gasteiger partial charge < -0.3 is 10.5 Å². The fraction of sp³-hybridized carbons (Fsp3) is 0.0833. The highest BCUT2D eigenvalue weighted by molar-refractivity contribution is 6.30. The van der Waals surface area contributed by atoms with Crippen LogP contribution >= 0.6 is 11.6 Å². The van der Waals surface area contributed by atoms with Crippen LogP contribution in [0.2, 0.25) is 5.02 Å². The molecule has 0 saturated heterocycles. The van der Waals surface area contributed by atoms with Gasteiger partial charge in [-0.1, -0.05) is 48.0 Å². The number of hydrogen-bond acceptors (Lipinski definition) is 6. The molecule has 0 unspecified atom stereocenters. The maximum absolute atomic E-state index is 13.4. The quantitative estimate of drug-likeness (QED) is 0.370. The summed E-state index contributed by atoms with van der Waals surface area (Å²) in [6.45, 7) is 1.79. The van der Waals surface area contributed by atoms with Crippen LogP contribution < -0.4 is 11.3 Å². The zero-order chi connectivity index (χ0) is 22.8. The van der Waals surface area contributed by atoms with E-state index in [1.54, 1.807) is 31.2 Å². The number of nitriles is 1. The molecule has 1 heterocycles. The summed E-state index contributed by atoms with van der Waals surface area (Å²) in [4.78, 5) is 26.2. The van der Waals surface area contributed by atoms with Crippen LogP contribution in [0.5, 0.6) is 0 Å². The van der Waals surface area contributed by atoms with E-state index in [-0.39, 0.29) is 34.3 Å². The van der Waals surface area contributed by atoms with Gasteiger partial charge in [0.2, 0.25) is 0 Å². The predicted octanol–water partition coefficient (Wildman–Crippen LogP) is 4.34. The Morgan fingerprint density at radius 2 is 1.94 bits per heavy atom. The number of fused-ring (bicyclic) bond motifs is 1. The van der Waals surface area contributed by atoms with Crippen LogP contribution in [-0.2, 0) is 4.74 Å². The first-order valence-electron chi connectivity index (χ1n) is 9.74. The Hall–Kier alpha value is -4.15. The van der Waals surface area contributed by atoms with Crippen LogP contribution in [0.15, 0.2) is 65.5 Å². The Labute approximate surface area is 188 Å². The minimum absolute atomic E-state index is 0.0132. The normalized spacial score (nSPS) is 10.7. The molecule has 0 radical (unpaired) electrons. The lowest BCUT2D eigenvalue weighted by Gasteiger charge is -2.15. The van der Waals surface area contributed by atoms with E-state index in [1.165, 1.54) is 6.07 Å². The molecule has 3 aromatic carbocycles. The average Bonchev–Trinajstić information content (AvgIpc) is 2.79. The average molecular weight is 445 g/mol. The lowest BCUT2D eigenvalue weighted by Crippen LogP contribution is -2.26. The molecule has 8 heteroatoms. The van der Waals surface area contributed by atoms with Gasteiger partial charge in [-0.3, -0.25) is 4.79 Å². The van der Waals surface area contributed by atoms with Gasteiger partial charge in [0, 0.05) is 16.0 Å². The number of carbonyl (C=O) groups is 1. The van der Waals surface area contributed by atoms with E-state index in [0.717, 1.165) is 4.68 Å². The molecule has 2 N–H and O–H groups in total. The number of halogens is 1. The van der Waals surface area contributed by atoms with Gasteiger partial charge in [-0.25, -0.2) is 4.79 Å².